The molecule has 2 aromatic heterocycles. The van der Waals surface area contributed by atoms with Crippen LogP contribution in [-0.2, 0) is 13.1 Å². The molecule has 0 aliphatic carbocycles. The van der Waals surface area contributed by atoms with Gasteiger partial charge in [-0.2, -0.15) is 10.2 Å². The van der Waals surface area contributed by atoms with E-state index in [1.165, 1.54) is 5.56 Å². The standard InChI is InChI=1S/C30H29N5O2/c1-21-26(22(2)34(32-21)19-23-12-6-4-7-13-23)18-31-30(36)27-20-35(24-14-8-5-9-15-24)33-29(27)25-16-10-11-17-28(25)37-3/h4-17,20H,18-19H2,1-3H3,(H,31,36). The SMILES string of the molecule is COc1ccccc1-c1nn(-c2ccccc2)cc1C(=O)NCc1c(C)nn(Cc2ccccc2)c1C. The smallest absolute Gasteiger partial charge is 0.255 e. The molecule has 5 rings (SSSR count). The van der Waals surface area contributed by atoms with E-state index in [2.05, 4.69) is 17.4 Å². The summed E-state index contributed by atoms with van der Waals surface area (Å²) < 4.78 is 9.28. The number of nitrogens with zero attached hydrogens (tertiary/aromatic N) is 4. The van der Waals surface area contributed by atoms with Gasteiger partial charge in [0, 0.05) is 29.6 Å². The molecule has 0 radical (unpaired) electrons. The minimum Gasteiger partial charge on any atom is -0.496 e. The lowest BCUT2D eigenvalue weighted by Crippen LogP contribution is -2.23. The van der Waals surface area contributed by atoms with Gasteiger partial charge in [-0.05, 0) is 43.7 Å². The molecule has 0 fully saturated rings. The largest absolute Gasteiger partial charge is 0.496 e. The Morgan fingerprint density at radius 2 is 1.57 bits per heavy atom. The van der Waals surface area contributed by atoms with Gasteiger partial charge in [-0.3, -0.25) is 9.48 Å². The number of amides is 1. The number of benzene rings is 3. The van der Waals surface area contributed by atoms with Gasteiger partial charge in [0.15, 0.2) is 0 Å². The molecule has 3 aromatic carbocycles. The third-order valence-corrected chi connectivity index (χ3v) is 6.47. The molecule has 7 heteroatoms. The highest BCUT2D eigenvalue weighted by Crippen LogP contribution is 2.32. The van der Waals surface area contributed by atoms with Crippen LogP contribution >= 0.6 is 0 Å². The van der Waals surface area contributed by atoms with Crippen LogP contribution in [0.2, 0.25) is 0 Å². The molecule has 0 saturated heterocycles. The van der Waals surface area contributed by atoms with Gasteiger partial charge in [0.25, 0.3) is 5.91 Å². The van der Waals surface area contributed by atoms with E-state index in [1.54, 1.807) is 18.0 Å². The first-order chi connectivity index (χ1) is 18.0. The van der Waals surface area contributed by atoms with Crippen LogP contribution in [0.15, 0.2) is 91.1 Å². The summed E-state index contributed by atoms with van der Waals surface area (Å²) in [4.78, 5) is 13.5. The molecule has 0 unspecified atom stereocenters. The summed E-state index contributed by atoms with van der Waals surface area (Å²) in [5.41, 5.74) is 6.79. The van der Waals surface area contributed by atoms with Gasteiger partial charge in [0.2, 0.25) is 0 Å². The summed E-state index contributed by atoms with van der Waals surface area (Å²) in [6.07, 6.45) is 1.77. The molecule has 1 amide bonds. The van der Waals surface area contributed by atoms with Crippen LogP contribution < -0.4 is 10.1 Å². The third kappa shape index (κ3) is 5.02. The van der Waals surface area contributed by atoms with Crippen molar-refractivity contribution in [1.29, 1.82) is 0 Å². The van der Waals surface area contributed by atoms with Crippen LogP contribution in [0.5, 0.6) is 5.75 Å². The molecule has 186 valence electrons. The van der Waals surface area contributed by atoms with E-state index in [4.69, 9.17) is 14.9 Å². The summed E-state index contributed by atoms with van der Waals surface area (Å²) in [6, 6.07) is 27.6. The zero-order valence-electron chi connectivity index (χ0n) is 21.2. The van der Waals surface area contributed by atoms with Crippen LogP contribution in [0, 0.1) is 13.8 Å². The minimum atomic E-state index is -0.210. The summed E-state index contributed by atoms with van der Waals surface area (Å²) in [7, 11) is 1.62. The number of para-hydroxylation sites is 2. The van der Waals surface area contributed by atoms with E-state index < -0.39 is 0 Å². The van der Waals surface area contributed by atoms with Gasteiger partial charge in [0.05, 0.1) is 30.6 Å². The molecule has 5 aromatic rings. The van der Waals surface area contributed by atoms with Gasteiger partial charge in [-0.25, -0.2) is 4.68 Å². The first-order valence-electron chi connectivity index (χ1n) is 12.2. The molecule has 2 heterocycles. The van der Waals surface area contributed by atoms with Gasteiger partial charge in [-0.15, -0.1) is 0 Å². The summed E-state index contributed by atoms with van der Waals surface area (Å²) in [6.45, 7) is 5.07. The third-order valence-electron chi connectivity index (χ3n) is 6.47. The highest BCUT2D eigenvalue weighted by molar-refractivity contribution is 6.00. The van der Waals surface area contributed by atoms with Crippen molar-refractivity contribution in [2.24, 2.45) is 0 Å². The molecule has 0 spiro atoms. The number of methoxy groups -OCH3 is 1. The fourth-order valence-corrected chi connectivity index (χ4v) is 4.46. The molecule has 37 heavy (non-hydrogen) atoms. The number of rotatable bonds is 8. The normalized spacial score (nSPS) is 10.9. The van der Waals surface area contributed by atoms with Crippen LogP contribution in [-0.4, -0.2) is 32.6 Å². The lowest BCUT2D eigenvalue weighted by Gasteiger charge is -2.09. The second kappa shape index (κ2) is 10.5. The quantitative estimate of drug-likeness (QED) is 0.318. The van der Waals surface area contributed by atoms with Gasteiger partial charge in [0.1, 0.15) is 11.4 Å². The Morgan fingerprint density at radius 3 is 2.30 bits per heavy atom. The summed E-state index contributed by atoms with van der Waals surface area (Å²) >= 11 is 0. The fraction of sp³-hybridized carbons (Fsp3) is 0.167. The van der Waals surface area contributed by atoms with E-state index in [0.717, 1.165) is 28.2 Å². The maximum atomic E-state index is 13.5. The number of hydrogen-bond donors (Lipinski definition) is 1. The number of carbonyl (C=O) groups excluding carboxylic acids is 1. The predicted molar refractivity (Wildman–Crippen MR) is 144 cm³/mol. The van der Waals surface area contributed by atoms with Gasteiger partial charge >= 0.3 is 0 Å². The van der Waals surface area contributed by atoms with Crippen LogP contribution in [0.3, 0.4) is 0 Å². The first kappa shape index (κ1) is 24.1. The Balaban J connectivity index is 1.44. The Kier molecular flexibility index (Phi) is 6.85. The van der Waals surface area contributed by atoms with E-state index in [9.17, 15) is 4.79 Å². The molecule has 0 aliphatic rings. The van der Waals surface area contributed by atoms with E-state index >= 15 is 0 Å². The van der Waals surface area contributed by atoms with E-state index in [1.807, 2.05) is 91.3 Å². The van der Waals surface area contributed by atoms with Gasteiger partial charge < -0.3 is 10.1 Å². The number of carbonyl (C=O) groups is 1. The molecule has 0 atom stereocenters. The second-order valence-electron chi connectivity index (χ2n) is 8.85. The second-order valence-corrected chi connectivity index (χ2v) is 8.85. The Morgan fingerprint density at radius 1 is 0.892 bits per heavy atom. The molecule has 0 bridgehead atoms. The topological polar surface area (TPSA) is 74.0 Å². The van der Waals surface area contributed by atoms with Crippen molar-refractivity contribution in [2.45, 2.75) is 26.9 Å². The van der Waals surface area contributed by atoms with E-state index in [0.29, 0.717) is 30.1 Å². The zero-order chi connectivity index (χ0) is 25.8. The maximum absolute atomic E-state index is 13.5. The summed E-state index contributed by atoms with van der Waals surface area (Å²) in [5, 5.41) is 12.6. The van der Waals surface area contributed by atoms with Crippen molar-refractivity contribution in [2.75, 3.05) is 7.11 Å². The zero-order valence-corrected chi connectivity index (χ0v) is 21.2. The highest BCUT2D eigenvalue weighted by Gasteiger charge is 2.22. The number of nitrogens with one attached hydrogen (secondary N) is 1. The lowest BCUT2D eigenvalue weighted by atomic mass is 10.1. The molecule has 1 N–H and O–H groups in total. The maximum Gasteiger partial charge on any atom is 0.255 e. The van der Waals surface area contributed by atoms with Crippen molar-refractivity contribution < 1.29 is 9.53 Å². The number of aromatic nitrogens is 4. The van der Waals surface area contributed by atoms with Crippen molar-refractivity contribution >= 4 is 5.91 Å². The molecular formula is C30H29N5O2. The van der Waals surface area contributed by atoms with Crippen LogP contribution in [0.1, 0.15) is 32.9 Å². The average molecular weight is 492 g/mol. The monoisotopic (exact) mass is 491 g/mol. The van der Waals surface area contributed by atoms with Crippen molar-refractivity contribution in [1.82, 2.24) is 24.9 Å². The number of aryl methyl sites for hydroxylation is 1. The highest BCUT2D eigenvalue weighted by atomic mass is 16.5. The molecule has 0 saturated carbocycles. The van der Waals surface area contributed by atoms with Crippen LogP contribution in [0.25, 0.3) is 16.9 Å². The predicted octanol–water partition coefficient (Wildman–Crippen LogP) is 5.34. The van der Waals surface area contributed by atoms with Gasteiger partial charge in [-0.1, -0.05) is 60.7 Å². The summed E-state index contributed by atoms with van der Waals surface area (Å²) in [5.74, 6) is 0.446. The molecule has 7 nitrogen and oxygen atoms in total. The molecular weight excluding hydrogens is 462 g/mol. The average Bonchev–Trinajstić information content (AvgIpc) is 3.49. The number of hydrogen-bond acceptors (Lipinski definition) is 4. The van der Waals surface area contributed by atoms with Crippen molar-refractivity contribution in [3.05, 3.63) is 119 Å². The Hall–Kier alpha value is -4.65. The Bertz CT molecular complexity index is 1520. The van der Waals surface area contributed by atoms with Crippen molar-refractivity contribution in [3.8, 4) is 22.7 Å². The molecule has 0 aliphatic heterocycles. The number of ether oxygens (including phenoxy) is 1. The van der Waals surface area contributed by atoms with Crippen LogP contribution in [0.4, 0.5) is 0 Å². The Labute approximate surface area is 216 Å². The minimum absolute atomic E-state index is 0.210. The fourth-order valence-electron chi connectivity index (χ4n) is 4.46. The van der Waals surface area contributed by atoms with Crippen molar-refractivity contribution in [3.63, 3.8) is 0 Å². The lowest BCUT2D eigenvalue weighted by molar-refractivity contribution is 0.0951. The first-order valence-corrected chi connectivity index (χ1v) is 12.2. The van der Waals surface area contributed by atoms with E-state index in [-0.39, 0.29) is 5.91 Å².